The lowest BCUT2D eigenvalue weighted by Gasteiger charge is -2.37. The number of ether oxygens (including phenoxy) is 2. The van der Waals surface area contributed by atoms with Crippen LogP contribution in [0.4, 0.5) is 5.69 Å². The van der Waals surface area contributed by atoms with Gasteiger partial charge in [-0.05, 0) is 61.5 Å². The van der Waals surface area contributed by atoms with Crippen LogP contribution in [0.25, 0.3) is 0 Å². The molecule has 1 aliphatic heterocycles. The number of nitrogens with zero attached hydrogens (tertiary/aromatic N) is 2. The number of esters is 1. The molecular weight excluding hydrogens is 386 g/mol. The van der Waals surface area contributed by atoms with Crippen molar-refractivity contribution in [3.63, 3.8) is 0 Å². The summed E-state index contributed by atoms with van der Waals surface area (Å²) >= 11 is 5.63. The van der Waals surface area contributed by atoms with Crippen LogP contribution in [-0.2, 0) is 9.53 Å². The third-order valence-corrected chi connectivity index (χ3v) is 4.97. The van der Waals surface area contributed by atoms with E-state index in [0.717, 1.165) is 16.8 Å². The van der Waals surface area contributed by atoms with E-state index in [2.05, 4.69) is 5.32 Å². The summed E-state index contributed by atoms with van der Waals surface area (Å²) < 4.78 is 10.4. The van der Waals surface area contributed by atoms with Gasteiger partial charge >= 0.3 is 5.97 Å². The molecule has 3 rings (SSSR count). The molecule has 1 N–H and O–H groups in total. The first-order chi connectivity index (χ1) is 14.0. The summed E-state index contributed by atoms with van der Waals surface area (Å²) in [6.45, 7) is 3.84. The van der Waals surface area contributed by atoms with Gasteiger partial charge < -0.3 is 14.8 Å². The number of benzene rings is 2. The predicted octanol–water partition coefficient (Wildman–Crippen LogP) is 3.78. The maximum atomic E-state index is 12.7. The van der Waals surface area contributed by atoms with Gasteiger partial charge in [-0.2, -0.15) is 5.26 Å². The number of allylic oxidation sites excluding steroid dienone is 1. The summed E-state index contributed by atoms with van der Waals surface area (Å²) in [6, 6.07) is 16.6. The number of carbonyl (C=O) groups excluding carboxylic acids is 1. The van der Waals surface area contributed by atoms with E-state index in [-0.39, 0.29) is 6.61 Å². The second kappa shape index (κ2) is 8.76. The molecule has 0 saturated heterocycles. The Hall–Kier alpha value is -3.37. The van der Waals surface area contributed by atoms with Crippen LogP contribution in [0, 0.1) is 18.3 Å². The molecule has 0 unspecified atom stereocenters. The zero-order valence-corrected chi connectivity index (χ0v) is 17.2. The van der Waals surface area contributed by atoms with Gasteiger partial charge in [0.1, 0.15) is 11.8 Å². The van der Waals surface area contributed by atoms with Gasteiger partial charge in [0, 0.05) is 11.4 Å². The molecule has 0 aromatic heterocycles. The van der Waals surface area contributed by atoms with E-state index in [4.69, 9.17) is 27.0 Å². The number of nitrogens with one attached hydrogen (secondary N) is 1. The Morgan fingerprint density at radius 2 is 1.97 bits per heavy atom. The molecule has 0 spiro atoms. The summed E-state index contributed by atoms with van der Waals surface area (Å²) in [4.78, 5) is 14.5. The van der Waals surface area contributed by atoms with Crippen LogP contribution in [0.2, 0.25) is 0 Å². The van der Waals surface area contributed by atoms with E-state index < -0.39 is 12.0 Å². The number of nitriles is 1. The van der Waals surface area contributed by atoms with E-state index in [1.54, 1.807) is 12.1 Å². The van der Waals surface area contributed by atoms with Gasteiger partial charge in [-0.25, -0.2) is 4.79 Å². The molecule has 148 valence electrons. The molecule has 0 fully saturated rings. The van der Waals surface area contributed by atoms with E-state index >= 15 is 0 Å². The van der Waals surface area contributed by atoms with Crippen molar-refractivity contribution in [3.8, 4) is 11.8 Å². The Bertz CT molecular complexity index is 1010. The quantitative estimate of drug-likeness (QED) is 0.597. The lowest BCUT2D eigenvalue weighted by molar-refractivity contribution is -0.136. The maximum absolute atomic E-state index is 12.7. The molecule has 1 heterocycles. The Morgan fingerprint density at radius 1 is 1.24 bits per heavy atom. The van der Waals surface area contributed by atoms with Crippen molar-refractivity contribution in [1.82, 2.24) is 5.32 Å². The Balaban J connectivity index is 2.03. The first-order valence-corrected chi connectivity index (χ1v) is 9.43. The molecule has 0 radical (unpaired) electrons. The van der Waals surface area contributed by atoms with Crippen LogP contribution < -0.4 is 15.0 Å². The monoisotopic (exact) mass is 407 g/mol. The second-order valence-corrected chi connectivity index (χ2v) is 6.95. The van der Waals surface area contributed by atoms with Crippen molar-refractivity contribution < 1.29 is 14.3 Å². The molecular formula is C22H21N3O3S. The molecule has 0 aliphatic carbocycles. The van der Waals surface area contributed by atoms with Gasteiger partial charge in [0.25, 0.3) is 0 Å². The Kier molecular flexibility index (Phi) is 6.15. The summed E-state index contributed by atoms with van der Waals surface area (Å²) in [5.74, 6) is 0.153. The lowest BCUT2D eigenvalue weighted by Crippen LogP contribution is -2.48. The van der Waals surface area contributed by atoms with Crippen molar-refractivity contribution in [2.75, 3.05) is 18.6 Å². The average Bonchev–Trinajstić information content (AvgIpc) is 2.72. The van der Waals surface area contributed by atoms with Crippen LogP contribution in [0.5, 0.6) is 5.75 Å². The van der Waals surface area contributed by atoms with Crippen LogP contribution >= 0.6 is 12.2 Å². The number of rotatable bonds is 5. The SMILES string of the molecule is COC(=O)C1=C(C)N(c2cccc(C)c2)C(=S)N[C@@H]1c1ccc(OCC#N)cc1. The zero-order valence-electron chi connectivity index (χ0n) is 16.4. The minimum atomic E-state index is -0.457. The van der Waals surface area contributed by atoms with Gasteiger partial charge in [-0.15, -0.1) is 0 Å². The van der Waals surface area contributed by atoms with Gasteiger partial charge in [0.15, 0.2) is 11.7 Å². The smallest absolute Gasteiger partial charge is 0.337 e. The summed E-state index contributed by atoms with van der Waals surface area (Å²) in [6.07, 6.45) is 0. The van der Waals surface area contributed by atoms with Gasteiger partial charge in [0.2, 0.25) is 0 Å². The number of anilines is 1. The fraction of sp³-hybridized carbons (Fsp3) is 0.227. The van der Waals surface area contributed by atoms with Gasteiger partial charge in [0.05, 0.1) is 18.7 Å². The Morgan fingerprint density at radius 3 is 2.59 bits per heavy atom. The highest BCUT2D eigenvalue weighted by Crippen LogP contribution is 2.34. The highest BCUT2D eigenvalue weighted by Gasteiger charge is 2.35. The number of thiocarbonyl (C=S) groups is 1. The van der Waals surface area contributed by atoms with E-state index in [0.29, 0.717) is 22.1 Å². The van der Waals surface area contributed by atoms with Gasteiger partial charge in [-0.3, -0.25) is 4.90 Å². The molecule has 1 aliphatic rings. The number of hydrogen-bond donors (Lipinski definition) is 1. The van der Waals surface area contributed by atoms with Crippen molar-refractivity contribution in [1.29, 1.82) is 5.26 Å². The lowest BCUT2D eigenvalue weighted by atomic mass is 9.94. The minimum Gasteiger partial charge on any atom is -0.479 e. The molecule has 0 saturated carbocycles. The van der Waals surface area contributed by atoms with Crippen LogP contribution in [0.15, 0.2) is 59.8 Å². The molecule has 2 aromatic rings. The Labute approximate surface area is 175 Å². The largest absolute Gasteiger partial charge is 0.479 e. The van der Waals surface area contributed by atoms with Crippen LogP contribution in [0.1, 0.15) is 24.1 Å². The standard InChI is InChI=1S/C22H21N3O3S/c1-14-5-4-6-17(13-14)25-15(2)19(21(26)27-3)20(24-22(25)29)16-7-9-18(10-8-16)28-12-11-23/h4-10,13,20H,12H2,1-3H3,(H,24,29)/t20-/m1/s1. The highest BCUT2D eigenvalue weighted by molar-refractivity contribution is 7.80. The van der Waals surface area contributed by atoms with Crippen molar-refractivity contribution in [2.45, 2.75) is 19.9 Å². The minimum absolute atomic E-state index is 0.0248. The normalized spacial score (nSPS) is 16.1. The number of aryl methyl sites for hydroxylation is 1. The van der Waals surface area contributed by atoms with Gasteiger partial charge in [-0.1, -0.05) is 24.3 Å². The van der Waals surface area contributed by atoms with Crippen molar-refractivity contribution in [2.24, 2.45) is 0 Å². The van der Waals surface area contributed by atoms with E-state index in [1.807, 2.05) is 61.2 Å². The maximum Gasteiger partial charge on any atom is 0.337 e. The van der Waals surface area contributed by atoms with E-state index in [1.165, 1.54) is 7.11 Å². The molecule has 7 heteroatoms. The molecule has 29 heavy (non-hydrogen) atoms. The van der Waals surface area contributed by atoms with Crippen LogP contribution in [0.3, 0.4) is 0 Å². The first kappa shape index (κ1) is 20.4. The summed E-state index contributed by atoms with van der Waals surface area (Å²) in [5, 5.41) is 12.4. The average molecular weight is 407 g/mol. The molecule has 0 amide bonds. The molecule has 2 aromatic carbocycles. The number of hydrogen-bond acceptors (Lipinski definition) is 5. The topological polar surface area (TPSA) is 74.6 Å². The fourth-order valence-corrected chi connectivity index (χ4v) is 3.68. The molecule has 1 atom stereocenters. The summed E-state index contributed by atoms with van der Waals surface area (Å²) in [5.41, 5.74) is 3.99. The molecule has 6 nitrogen and oxygen atoms in total. The number of methoxy groups -OCH3 is 1. The third kappa shape index (κ3) is 4.23. The zero-order chi connectivity index (χ0) is 21.0. The highest BCUT2D eigenvalue weighted by atomic mass is 32.1. The van der Waals surface area contributed by atoms with Crippen molar-refractivity contribution in [3.05, 3.63) is 70.9 Å². The molecule has 0 bridgehead atoms. The van der Waals surface area contributed by atoms with Crippen molar-refractivity contribution >= 4 is 29.0 Å². The summed E-state index contributed by atoms with van der Waals surface area (Å²) in [7, 11) is 1.36. The fourth-order valence-electron chi connectivity index (χ4n) is 3.32. The van der Waals surface area contributed by atoms with E-state index in [9.17, 15) is 4.79 Å². The number of carbonyl (C=O) groups is 1. The van der Waals surface area contributed by atoms with Crippen LogP contribution in [-0.4, -0.2) is 24.8 Å². The third-order valence-electron chi connectivity index (χ3n) is 4.67. The second-order valence-electron chi connectivity index (χ2n) is 6.56. The predicted molar refractivity (Wildman–Crippen MR) is 114 cm³/mol. The first-order valence-electron chi connectivity index (χ1n) is 9.02.